The average Bonchev–Trinajstić information content (AvgIpc) is 3.25. The van der Waals surface area contributed by atoms with Gasteiger partial charge in [0.25, 0.3) is 0 Å². The maximum absolute atomic E-state index is 14.0. The molecule has 1 fully saturated rings. The van der Waals surface area contributed by atoms with Gasteiger partial charge in [0.05, 0.1) is 48.5 Å². The van der Waals surface area contributed by atoms with Crippen molar-refractivity contribution >= 4 is 29.4 Å². The molecule has 7 rings (SSSR count). The predicted octanol–water partition coefficient (Wildman–Crippen LogP) is 3.07. The molecule has 9 N–H and O–H groups in total. The van der Waals surface area contributed by atoms with Crippen molar-refractivity contribution in [3.05, 3.63) is 98.1 Å². The minimum absolute atomic E-state index is 0.0538. The number of amides is 2. The number of benzene rings is 3. The number of methoxy groups -OCH3 is 1. The van der Waals surface area contributed by atoms with Gasteiger partial charge in [-0.1, -0.05) is 36.4 Å². The van der Waals surface area contributed by atoms with E-state index in [2.05, 4.69) is 22.8 Å². The van der Waals surface area contributed by atoms with Crippen LogP contribution >= 0.6 is 0 Å². The number of Topliss-reactive ketones (excluding diaryl/α,β-unsaturated/α-hetero) is 1. The number of alkyl carbamates (subject to hydrolysis) is 1. The van der Waals surface area contributed by atoms with Crippen molar-refractivity contribution in [2.75, 3.05) is 13.7 Å². The third-order valence-corrected chi connectivity index (χ3v) is 12.9. The summed E-state index contributed by atoms with van der Waals surface area (Å²) in [5.41, 5.74) is 5.41. The van der Waals surface area contributed by atoms with Gasteiger partial charge >= 0.3 is 6.09 Å². The van der Waals surface area contributed by atoms with E-state index in [4.69, 9.17) is 24.7 Å². The number of phenolic OH excluding ortho intramolecular Hbond substituents is 2. The number of nitrogens with two attached hydrogens (primary N) is 1. The molecule has 4 aliphatic rings. The number of hydrogen-bond acceptors (Lipinski definition) is 15. The Balaban J connectivity index is 1.06. The van der Waals surface area contributed by atoms with Crippen LogP contribution < -0.4 is 21.1 Å². The number of aromatic hydroxyl groups is 2. The molecule has 3 aromatic carbocycles. The maximum atomic E-state index is 14.0. The maximum Gasteiger partial charge on any atom is 0.407 e. The number of fused-ring (bicyclic) bond motifs is 3. The van der Waals surface area contributed by atoms with Crippen LogP contribution in [0.15, 0.2) is 42.5 Å². The monoisotopic (exact) mass is 885 g/mol. The summed E-state index contributed by atoms with van der Waals surface area (Å²) in [7, 11) is 1.31. The molecule has 3 aromatic rings. The van der Waals surface area contributed by atoms with Gasteiger partial charge in [0.1, 0.15) is 42.2 Å². The van der Waals surface area contributed by atoms with Gasteiger partial charge in [-0.15, -0.1) is 0 Å². The first kappa shape index (κ1) is 46.3. The van der Waals surface area contributed by atoms with Crippen molar-refractivity contribution in [2.45, 2.75) is 127 Å². The van der Waals surface area contributed by atoms with Crippen LogP contribution in [-0.2, 0) is 43.2 Å². The molecule has 0 radical (unpaired) electrons. The van der Waals surface area contributed by atoms with Crippen LogP contribution in [0.4, 0.5) is 4.79 Å². The van der Waals surface area contributed by atoms with Crippen molar-refractivity contribution in [1.29, 1.82) is 0 Å². The Morgan fingerprint density at radius 1 is 0.953 bits per heavy atom. The highest BCUT2D eigenvalue weighted by molar-refractivity contribution is 6.31. The topological polar surface area (TPSA) is 274 Å². The fraction of sp³-hybridized carbons (Fsp3) is 0.468. The van der Waals surface area contributed by atoms with Crippen LogP contribution in [0.3, 0.4) is 0 Å². The molecule has 1 saturated heterocycles. The Kier molecular flexibility index (Phi) is 13.6. The first-order chi connectivity index (χ1) is 30.5. The summed E-state index contributed by atoms with van der Waals surface area (Å²) < 4.78 is 23.1. The lowest BCUT2D eigenvalue weighted by atomic mass is 9.72. The molecule has 0 saturated carbocycles. The van der Waals surface area contributed by atoms with Crippen LogP contribution in [0.5, 0.6) is 17.2 Å². The van der Waals surface area contributed by atoms with Crippen molar-refractivity contribution in [3.8, 4) is 17.2 Å². The SMILES string of the molecule is COc1cccc2c1C(=O)c1c(O)c3c(c(O)c1C2=O)C[C@@](O)(C(=O)CO)C[C@@H]3O[C@H]1CC(NC(=O)OCc2cc(C)c(CC(=O)NC3CC/C=C/CCC3N)c(C)c2)[C@H](O)C(C)O1. The third-order valence-electron chi connectivity index (χ3n) is 12.9. The number of allylic oxidation sites excluding steroid dienone is 2. The summed E-state index contributed by atoms with van der Waals surface area (Å²) in [6.45, 7) is 4.04. The summed E-state index contributed by atoms with van der Waals surface area (Å²) >= 11 is 0. The molecule has 17 nitrogen and oxygen atoms in total. The van der Waals surface area contributed by atoms with E-state index in [0.29, 0.717) is 5.56 Å². The largest absolute Gasteiger partial charge is 0.507 e. The molecule has 3 aliphatic carbocycles. The van der Waals surface area contributed by atoms with E-state index in [1.807, 2.05) is 26.0 Å². The molecule has 8 atom stereocenters. The van der Waals surface area contributed by atoms with E-state index in [9.17, 15) is 49.5 Å². The highest BCUT2D eigenvalue weighted by atomic mass is 16.7. The average molecular weight is 886 g/mol. The fourth-order valence-electron chi connectivity index (χ4n) is 9.46. The number of ether oxygens (including phenoxy) is 4. The summed E-state index contributed by atoms with van der Waals surface area (Å²) in [4.78, 5) is 67.2. The van der Waals surface area contributed by atoms with Crippen molar-refractivity contribution in [2.24, 2.45) is 5.73 Å². The van der Waals surface area contributed by atoms with E-state index in [1.165, 1.54) is 32.2 Å². The van der Waals surface area contributed by atoms with E-state index in [1.54, 1.807) is 0 Å². The second-order valence-electron chi connectivity index (χ2n) is 17.2. The quantitative estimate of drug-likeness (QED) is 0.0794. The molecule has 0 bridgehead atoms. The lowest BCUT2D eigenvalue weighted by Crippen LogP contribution is -2.56. The van der Waals surface area contributed by atoms with Crippen LogP contribution in [-0.4, -0.2) is 111 Å². The third kappa shape index (κ3) is 9.01. The zero-order valence-corrected chi connectivity index (χ0v) is 36.1. The molecule has 342 valence electrons. The minimum atomic E-state index is -2.36. The minimum Gasteiger partial charge on any atom is -0.507 e. The van der Waals surface area contributed by atoms with Gasteiger partial charge in [-0.25, -0.2) is 4.79 Å². The molecular formula is C47H55N3O14. The lowest BCUT2D eigenvalue weighted by Gasteiger charge is -2.42. The van der Waals surface area contributed by atoms with Crippen LogP contribution in [0.2, 0.25) is 0 Å². The molecule has 1 heterocycles. The Labute approximate surface area is 369 Å². The van der Waals surface area contributed by atoms with Gasteiger partial charge in [0.15, 0.2) is 17.9 Å². The standard InChI is InChI=1S/C47H55N3O14/c1-22-14-25(15-23(2)27(22)16-35(53)49-30-12-8-6-5-7-11-29(30)48)21-62-46(59)50-31-17-36(63-24(3)41(31)54)64-33-19-47(60,34(52)20-51)18-28-38(33)45(58)40-39(43(28)56)42(55)26-10-9-13-32(61-4)37(26)44(40)57/h5-6,9-10,13-15,24,29-31,33,36,41,51,54,56,58,60H,7-8,11-12,16-21,48H2,1-4H3,(H,49,53)(H,50,59)/b6-5+/t24?,29?,30?,31?,33-,36-,41+,47-/m0/s1. The van der Waals surface area contributed by atoms with Gasteiger partial charge in [-0.3, -0.25) is 19.2 Å². The van der Waals surface area contributed by atoms with Gasteiger partial charge in [-0.2, -0.15) is 0 Å². The first-order valence-corrected chi connectivity index (χ1v) is 21.4. The summed E-state index contributed by atoms with van der Waals surface area (Å²) in [6.07, 6.45) is 0.333. The smallest absolute Gasteiger partial charge is 0.407 e. The van der Waals surface area contributed by atoms with Crippen molar-refractivity contribution in [3.63, 3.8) is 0 Å². The zero-order chi connectivity index (χ0) is 46.2. The van der Waals surface area contributed by atoms with Gasteiger partial charge in [0.2, 0.25) is 11.7 Å². The summed E-state index contributed by atoms with van der Waals surface area (Å²) in [5.74, 6) is -4.26. The highest BCUT2D eigenvalue weighted by Gasteiger charge is 2.50. The number of hydrogen-bond donors (Lipinski definition) is 8. The fourth-order valence-corrected chi connectivity index (χ4v) is 9.46. The number of aliphatic hydroxyl groups is 3. The Hall–Kier alpha value is -5.69. The van der Waals surface area contributed by atoms with Gasteiger partial charge in [-0.05, 0) is 74.8 Å². The van der Waals surface area contributed by atoms with E-state index in [0.717, 1.165) is 42.4 Å². The number of carbonyl (C=O) groups is 5. The Bertz CT molecular complexity index is 2370. The number of ketones is 3. The number of aryl methyl sites for hydroxylation is 2. The molecule has 1 aliphatic heterocycles. The molecule has 2 amide bonds. The normalized spacial score (nSPS) is 26.9. The van der Waals surface area contributed by atoms with E-state index < -0.39 is 102 Å². The number of aliphatic hydroxyl groups excluding tert-OH is 2. The summed E-state index contributed by atoms with van der Waals surface area (Å²) in [5, 5.41) is 61.8. The molecule has 4 unspecified atom stereocenters. The highest BCUT2D eigenvalue weighted by Crippen LogP contribution is 2.52. The van der Waals surface area contributed by atoms with E-state index >= 15 is 0 Å². The lowest BCUT2D eigenvalue weighted by molar-refractivity contribution is -0.249. The molecule has 0 spiro atoms. The Morgan fingerprint density at radius 2 is 1.64 bits per heavy atom. The van der Waals surface area contributed by atoms with Gasteiger partial charge < -0.3 is 60.8 Å². The number of nitrogens with one attached hydrogen (secondary N) is 2. The number of carbonyl (C=O) groups excluding carboxylic acids is 5. The number of rotatable bonds is 11. The van der Waals surface area contributed by atoms with Crippen molar-refractivity contribution < 1.29 is 68.5 Å². The molecule has 0 aromatic heterocycles. The second-order valence-corrected chi connectivity index (χ2v) is 17.2. The molecule has 17 heteroatoms. The Morgan fingerprint density at radius 3 is 2.33 bits per heavy atom. The molecular weight excluding hydrogens is 831 g/mol. The number of phenols is 2. The van der Waals surface area contributed by atoms with Crippen LogP contribution in [0, 0.1) is 13.8 Å². The van der Waals surface area contributed by atoms with Crippen molar-refractivity contribution in [1.82, 2.24) is 10.6 Å². The first-order valence-electron chi connectivity index (χ1n) is 21.4. The van der Waals surface area contributed by atoms with Crippen LogP contribution in [0.1, 0.15) is 117 Å². The predicted molar refractivity (Wildman–Crippen MR) is 228 cm³/mol. The van der Waals surface area contributed by atoms with Gasteiger partial charge in [0, 0.05) is 48.0 Å². The van der Waals surface area contributed by atoms with E-state index in [-0.39, 0.29) is 65.4 Å². The molecule has 64 heavy (non-hydrogen) atoms. The van der Waals surface area contributed by atoms with Crippen LogP contribution in [0.25, 0.3) is 0 Å². The summed E-state index contributed by atoms with van der Waals surface area (Å²) in [6, 6.07) is 6.70. The zero-order valence-electron chi connectivity index (χ0n) is 36.1. The second kappa shape index (κ2) is 18.8.